The van der Waals surface area contributed by atoms with Crippen LogP contribution in [0.3, 0.4) is 0 Å². The van der Waals surface area contributed by atoms with Gasteiger partial charge in [0.1, 0.15) is 6.04 Å². The Morgan fingerprint density at radius 2 is 2.19 bits per heavy atom. The number of aliphatic hydroxyl groups excluding tert-OH is 1. The van der Waals surface area contributed by atoms with Crippen LogP contribution in [0.25, 0.3) is 10.2 Å². The molecule has 0 aliphatic rings. The van der Waals surface area contributed by atoms with Crippen LogP contribution >= 0.6 is 11.3 Å². The number of aromatic nitrogens is 1. The molecular formula is C13H15N3O4S. The van der Waals surface area contributed by atoms with Crippen molar-refractivity contribution in [3.63, 3.8) is 0 Å². The van der Waals surface area contributed by atoms with Crippen LogP contribution in [0.4, 0.5) is 9.93 Å². The lowest BCUT2D eigenvalue weighted by molar-refractivity contribution is -0.139. The number of hydrogen-bond donors (Lipinski definition) is 4. The number of hydrogen-bond acceptors (Lipinski definition) is 5. The van der Waals surface area contributed by atoms with E-state index in [9.17, 15) is 9.59 Å². The van der Waals surface area contributed by atoms with Gasteiger partial charge in [-0.3, -0.25) is 5.32 Å². The zero-order valence-electron chi connectivity index (χ0n) is 11.3. The summed E-state index contributed by atoms with van der Waals surface area (Å²) in [5, 5.41) is 22.8. The lowest BCUT2D eigenvalue weighted by atomic mass is 10.2. The predicted octanol–water partition coefficient (Wildman–Crippen LogP) is 1.56. The number of aryl methyl sites for hydroxylation is 1. The molecular weight excluding hydrogens is 294 g/mol. The van der Waals surface area contributed by atoms with Gasteiger partial charge in [-0.05, 0) is 24.6 Å². The van der Waals surface area contributed by atoms with Gasteiger partial charge in [0.25, 0.3) is 0 Å². The largest absolute Gasteiger partial charge is 0.480 e. The summed E-state index contributed by atoms with van der Waals surface area (Å²) in [6, 6.07) is 3.95. The number of nitrogens with one attached hydrogen (secondary N) is 2. The maximum Gasteiger partial charge on any atom is 0.326 e. The fraction of sp³-hybridized carbons (Fsp3) is 0.308. The second kappa shape index (κ2) is 6.51. The van der Waals surface area contributed by atoms with Crippen molar-refractivity contribution in [2.24, 2.45) is 0 Å². The summed E-state index contributed by atoms with van der Waals surface area (Å²) >= 11 is 1.31. The molecule has 2 amide bonds. The second-order valence-electron chi connectivity index (χ2n) is 4.49. The van der Waals surface area contributed by atoms with Gasteiger partial charge in [0.05, 0.1) is 10.2 Å². The van der Waals surface area contributed by atoms with E-state index in [1.165, 1.54) is 11.3 Å². The van der Waals surface area contributed by atoms with E-state index in [4.69, 9.17) is 10.2 Å². The number of anilines is 1. The van der Waals surface area contributed by atoms with Gasteiger partial charge in [-0.2, -0.15) is 0 Å². The van der Waals surface area contributed by atoms with Crippen molar-refractivity contribution in [2.45, 2.75) is 19.4 Å². The first kappa shape index (κ1) is 15.2. The van der Waals surface area contributed by atoms with E-state index in [1.54, 1.807) is 0 Å². The molecule has 1 aromatic carbocycles. The van der Waals surface area contributed by atoms with E-state index in [-0.39, 0.29) is 13.0 Å². The number of benzene rings is 1. The molecule has 0 unspecified atom stereocenters. The number of nitrogens with zero attached hydrogens (tertiary/aromatic N) is 1. The van der Waals surface area contributed by atoms with Crippen molar-refractivity contribution >= 4 is 38.7 Å². The molecule has 8 heteroatoms. The summed E-state index contributed by atoms with van der Waals surface area (Å²) < 4.78 is 0.940. The third-order valence-electron chi connectivity index (χ3n) is 2.79. The topological polar surface area (TPSA) is 112 Å². The summed E-state index contributed by atoms with van der Waals surface area (Å²) in [7, 11) is 0. The lowest BCUT2D eigenvalue weighted by Gasteiger charge is -2.12. The molecule has 1 heterocycles. The number of carboxylic acids is 1. The molecule has 1 aromatic heterocycles. The third-order valence-corrected chi connectivity index (χ3v) is 3.72. The number of rotatable bonds is 5. The second-order valence-corrected chi connectivity index (χ2v) is 5.52. The van der Waals surface area contributed by atoms with Gasteiger partial charge >= 0.3 is 12.0 Å². The minimum atomic E-state index is -1.20. The average molecular weight is 309 g/mol. The van der Waals surface area contributed by atoms with Crippen LogP contribution in [0.15, 0.2) is 18.2 Å². The molecule has 2 aromatic rings. The van der Waals surface area contributed by atoms with Gasteiger partial charge in [0.15, 0.2) is 5.13 Å². The van der Waals surface area contributed by atoms with E-state index < -0.39 is 18.0 Å². The molecule has 112 valence electrons. The Morgan fingerprint density at radius 3 is 2.86 bits per heavy atom. The van der Waals surface area contributed by atoms with E-state index in [0.717, 1.165) is 15.8 Å². The molecule has 0 saturated heterocycles. The van der Waals surface area contributed by atoms with Crippen LogP contribution in [-0.4, -0.2) is 39.8 Å². The molecule has 0 fully saturated rings. The number of carbonyl (C=O) groups is 2. The molecule has 2 rings (SSSR count). The highest BCUT2D eigenvalue weighted by Gasteiger charge is 2.19. The number of aliphatic hydroxyl groups is 1. The zero-order valence-corrected chi connectivity index (χ0v) is 12.1. The number of fused-ring (bicyclic) bond motifs is 1. The number of aliphatic carboxylic acids is 1. The fourth-order valence-corrected chi connectivity index (χ4v) is 2.72. The SMILES string of the molecule is Cc1ccc2nc(NC(=O)N[C@H](CCO)C(=O)O)sc2c1. The van der Waals surface area contributed by atoms with Crippen molar-refractivity contribution in [1.29, 1.82) is 0 Å². The molecule has 0 bridgehead atoms. The Balaban J connectivity index is 2.05. The Kier molecular flexibility index (Phi) is 4.71. The molecule has 0 radical (unpaired) electrons. The van der Waals surface area contributed by atoms with Crippen molar-refractivity contribution in [3.05, 3.63) is 23.8 Å². The molecule has 21 heavy (non-hydrogen) atoms. The molecule has 0 spiro atoms. The summed E-state index contributed by atoms with van der Waals surface area (Å²) in [6.45, 7) is 1.64. The Bertz CT molecular complexity index is 670. The van der Waals surface area contributed by atoms with Gasteiger partial charge in [0.2, 0.25) is 0 Å². The number of urea groups is 1. The Morgan fingerprint density at radius 1 is 1.43 bits per heavy atom. The van der Waals surface area contributed by atoms with Gasteiger partial charge in [0, 0.05) is 13.0 Å². The van der Waals surface area contributed by atoms with Gasteiger partial charge < -0.3 is 15.5 Å². The summed E-state index contributed by atoms with van der Waals surface area (Å²) in [6.07, 6.45) is -0.0538. The standard InChI is InChI=1S/C13H15N3O4S/c1-7-2-3-8-10(6-7)21-13(15-8)16-12(20)14-9(4-5-17)11(18)19/h2-3,6,9,17H,4-5H2,1H3,(H,18,19)(H2,14,15,16,20)/t9-/m1/s1. The number of carboxylic acid groups (broad SMARTS) is 1. The van der Waals surface area contributed by atoms with Crippen molar-refractivity contribution in [1.82, 2.24) is 10.3 Å². The smallest absolute Gasteiger partial charge is 0.326 e. The maximum absolute atomic E-state index is 11.7. The first-order valence-corrected chi connectivity index (χ1v) is 7.09. The van der Waals surface area contributed by atoms with Crippen LogP contribution in [0.1, 0.15) is 12.0 Å². The van der Waals surface area contributed by atoms with Gasteiger partial charge in [-0.1, -0.05) is 17.4 Å². The summed E-state index contributed by atoms with van der Waals surface area (Å²) in [5.41, 5.74) is 1.86. The van der Waals surface area contributed by atoms with Gasteiger partial charge in [-0.15, -0.1) is 0 Å². The fourth-order valence-electron chi connectivity index (χ4n) is 1.76. The normalized spacial score (nSPS) is 12.1. The van der Waals surface area contributed by atoms with Crippen molar-refractivity contribution in [3.8, 4) is 0 Å². The Hall–Kier alpha value is -2.19. The first-order chi connectivity index (χ1) is 9.99. The molecule has 1 atom stereocenters. The highest BCUT2D eigenvalue weighted by Crippen LogP contribution is 2.26. The monoisotopic (exact) mass is 309 g/mol. The maximum atomic E-state index is 11.7. The molecule has 0 aliphatic carbocycles. The Labute approximate surface area is 124 Å². The first-order valence-electron chi connectivity index (χ1n) is 6.28. The van der Waals surface area contributed by atoms with Crippen LogP contribution in [0.5, 0.6) is 0 Å². The van der Waals surface area contributed by atoms with Gasteiger partial charge in [-0.25, -0.2) is 14.6 Å². The zero-order chi connectivity index (χ0) is 15.4. The van der Waals surface area contributed by atoms with E-state index >= 15 is 0 Å². The molecule has 0 aliphatic heterocycles. The molecule has 0 saturated carbocycles. The molecule has 7 nitrogen and oxygen atoms in total. The average Bonchev–Trinajstić information content (AvgIpc) is 2.79. The third kappa shape index (κ3) is 3.89. The summed E-state index contributed by atoms with van der Waals surface area (Å²) in [5.74, 6) is -1.20. The summed E-state index contributed by atoms with van der Waals surface area (Å²) in [4.78, 5) is 26.9. The quantitative estimate of drug-likeness (QED) is 0.670. The lowest BCUT2D eigenvalue weighted by Crippen LogP contribution is -2.43. The van der Waals surface area contributed by atoms with Crippen LogP contribution in [0, 0.1) is 6.92 Å². The minimum Gasteiger partial charge on any atom is -0.480 e. The number of amides is 2. The van der Waals surface area contributed by atoms with Crippen molar-refractivity contribution < 1.29 is 19.8 Å². The van der Waals surface area contributed by atoms with E-state index in [1.807, 2.05) is 25.1 Å². The number of carbonyl (C=O) groups excluding carboxylic acids is 1. The van der Waals surface area contributed by atoms with Crippen molar-refractivity contribution in [2.75, 3.05) is 11.9 Å². The highest BCUT2D eigenvalue weighted by molar-refractivity contribution is 7.22. The van der Waals surface area contributed by atoms with Crippen LogP contribution in [-0.2, 0) is 4.79 Å². The predicted molar refractivity (Wildman–Crippen MR) is 79.6 cm³/mol. The number of thiazole rings is 1. The van der Waals surface area contributed by atoms with E-state index in [2.05, 4.69) is 15.6 Å². The van der Waals surface area contributed by atoms with E-state index in [0.29, 0.717) is 5.13 Å². The molecule has 4 N–H and O–H groups in total. The minimum absolute atomic E-state index is 0.0538. The van der Waals surface area contributed by atoms with Crippen LogP contribution < -0.4 is 10.6 Å². The van der Waals surface area contributed by atoms with Crippen LogP contribution in [0.2, 0.25) is 0 Å². The highest BCUT2D eigenvalue weighted by atomic mass is 32.1.